The summed E-state index contributed by atoms with van der Waals surface area (Å²) >= 11 is 0. The number of nitrogens with one attached hydrogen (secondary N) is 1. The van der Waals surface area contributed by atoms with Crippen molar-refractivity contribution < 1.29 is 27.0 Å². The highest BCUT2D eigenvalue weighted by molar-refractivity contribution is 7.93. The Morgan fingerprint density at radius 3 is 2.37 bits per heavy atom. The van der Waals surface area contributed by atoms with Crippen LogP contribution in [0, 0.1) is 5.82 Å². The lowest BCUT2D eigenvalue weighted by Crippen LogP contribution is -2.31. The molecule has 1 aromatic carbocycles. The fourth-order valence-corrected chi connectivity index (χ4v) is 5.13. The van der Waals surface area contributed by atoms with Gasteiger partial charge in [-0.15, -0.1) is 10.2 Å². The van der Waals surface area contributed by atoms with Crippen LogP contribution in [0.25, 0.3) is 5.69 Å². The van der Waals surface area contributed by atoms with Gasteiger partial charge in [-0.25, -0.2) is 22.8 Å². The number of ether oxygens (including phenoxy) is 3. The van der Waals surface area contributed by atoms with Gasteiger partial charge in [0.1, 0.15) is 28.8 Å². The Morgan fingerprint density at radius 2 is 1.80 bits per heavy atom. The lowest BCUT2D eigenvalue weighted by Gasteiger charge is -2.22. The van der Waals surface area contributed by atoms with Crippen LogP contribution >= 0.6 is 0 Å². The van der Waals surface area contributed by atoms with Crippen LogP contribution in [-0.2, 0) is 14.8 Å². The molecule has 35 heavy (non-hydrogen) atoms. The number of anilines is 1. The number of halogens is 1. The van der Waals surface area contributed by atoms with E-state index in [1.807, 2.05) is 0 Å². The summed E-state index contributed by atoms with van der Waals surface area (Å²) in [5.41, 5.74) is 0.463. The summed E-state index contributed by atoms with van der Waals surface area (Å²) in [5, 5.41) is 7.51. The van der Waals surface area contributed by atoms with E-state index in [0.29, 0.717) is 42.6 Å². The van der Waals surface area contributed by atoms with Crippen LogP contribution in [0.3, 0.4) is 0 Å². The lowest BCUT2D eigenvalue weighted by molar-refractivity contribution is 0.193. The van der Waals surface area contributed by atoms with Crippen molar-refractivity contribution in [3.8, 4) is 17.2 Å². The minimum atomic E-state index is -4.01. The van der Waals surface area contributed by atoms with E-state index in [9.17, 15) is 12.8 Å². The van der Waals surface area contributed by atoms with Crippen molar-refractivity contribution in [3.05, 3.63) is 48.1 Å². The quantitative estimate of drug-likeness (QED) is 0.465. The molecule has 0 spiro atoms. The molecular weight excluding hydrogens is 479 g/mol. The highest BCUT2D eigenvalue weighted by Crippen LogP contribution is 2.38. The molecule has 2 aromatic heterocycles. The second-order valence-corrected chi connectivity index (χ2v) is 10.2. The zero-order chi connectivity index (χ0) is 25.2. The van der Waals surface area contributed by atoms with E-state index in [1.165, 1.54) is 21.1 Å². The van der Waals surface area contributed by atoms with Crippen LogP contribution in [-0.4, -0.2) is 65.8 Å². The Morgan fingerprint density at radius 1 is 1.14 bits per heavy atom. The molecule has 0 bridgehead atoms. The molecule has 11 nitrogen and oxygen atoms in total. The number of methoxy groups -OCH3 is 2. The summed E-state index contributed by atoms with van der Waals surface area (Å²) in [6.45, 7) is 4.17. The third-order valence-corrected chi connectivity index (χ3v) is 7.94. The van der Waals surface area contributed by atoms with Gasteiger partial charge in [0, 0.05) is 18.4 Å². The van der Waals surface area contributed by atoms with Gasteiger partial charge < -0.3 is 14.2 Å². The number of rotatable bonds is 9. The Labute approximate surface area is 202 Å². The fraction of sp³-hybridized carbons (Fsp3) is 0.455. The predicted molar refractivity (Wildman–Crippen MR) is 125 cm³/mol. The fourth-order valence-electron chi connectivity index (χ4n) is 3.89. The van der Waals surface area contributed by atoms with Gasteiger partial charge in [-0.05, 0) is 25.5 Å². The second kappa shape index (κ2) is 10.1. The maximum absolute atomic E-state index is 13.4. The smallest absolute Gasteiger partial charge is 0.243 e. The number of aromatic nitrogens is 5. The highest BCUT2D eigenvalue weighted by Gasteiger charge is 2.34. The Hall–Kier alpha value is -3.32. The van der Waals surface area contributed by atoms with Crippen LogP contribution < -0.4 is 14.2 Å². The van der Waals surface area contributed by atoms with Crippen LogP contribution in [0.15, 0.2) is 30.6 Å². The number of para-hydroxylation sites is 1. The van der Waals surface area contributed by atoms with E-state index in [0.717, 1.165) is 12.4 Å². The maximum Gasteiger partial charge on any atom is 0.243 e. The molecule has 0 saturated carbocycles. The van der Waals surface area contributed by atoms with Crippen molar-refractivity contribution in [3.63, 3.8) is 0 Å². The first-order valence-corrected chi connectivity index (χ1v) is 12.5. The second-order valence-electron chi connectivity index (χ2n) is 8.19. The summed E-state index contributed by atoms with van der Waals surface area (Å²) in [7, 11) is -0.988. The molecule has 0 radical (unpaired) electrons. The summed E-state index contributed by atoms with van der Waals surface area (Å²) in [6.07, 6.45) is 2.72. The van der Waals surface area contributed by atoms with Crippen LogP contribution in [0.1, 0.15) is 43.8 Å². The zero-order valence-electron chi connectivity index (χ0n) is 19.8. The van der Waals surface area contributed by atoms with Gasteiger partial charge in [0.15, 0.2) is 5.82 Å². The van der Waals surface area contributed by atoms with Crippen molar-refractivity contribution in [1.29, 1.82) is 0 Å². The number of sulfonamides is 1. The topological polar surface area (TPSA) is 130 Å². The monoisotopic (exact) mass is 506 g/mol. The molecule has 1 aliphatic rings. The van der Waals surface area contributed by atoms with E-state index in [1.54, 1.807) is 29.7 Å². The third kappa shape index (κ3) is 4.91. The molecule has 13 heteroatoms. The van der Waals surface area contributed by atoms with Crippen molar-refractivity contribution in [2.24, 2.45) is 0 Å². The normalized spacial score (nSPS) is 17.7. The largest absolute Gasteiger partial charge is 0.494 e. The summed E-state index contributed by atoms with van der Waals surface area (Å²) in [5.74, 6) is 0.279. The number of benzene rings is 1. The zero-order valence-corrected chi connectivity index (χ0v) is 20.6. The highest BCUT2D eigenvalue weighted by atomic mass is 32.2. The molecule has 4 rings (SSSR count). The molecule has 3 heterocycles. The SMILES string of the molecule is COc1cccc(OC)c1-n1c(NS(=O)(=O)[C@@H](C)[C@H](C)c2ncc(F)cn2)nnc1[C@H]1CCOC1. The van der Waals surface area contributed by atoms with Gasteiger partial charge in [0.05, 0.1) is 38.5 Å². The minimum absolute atomic E-state index is 0.0197. The molecular formula is C22H27FN6O5S. The summed E-state index contributed by atoms with van der Waals surface area (Å²) < 4.78 is 60.8. The van der Waals surface area contributed by atoms with E-state index >= 15 is 0 Å². The average Bonchev–Trinajstić information content (AvgIpc) is 3.52. The van der Waals surface area contributed by atoms with E-state index in [-0.39, 0.29) is 17.7 Å². The van der Waals surface area contributed by atoms with Gasteiger partial charge in [0.2, 0.25) is 16.0 Å². The molecule has 1 saturated heterocycles. The van der Waals surface area contributed by atoms with Gasteiger partial charge in [-0.1, -0.05) is 13.0 Å². The molecule has 3 aromatic rings. The van der Waals surface area contributed by atoms with Gasteiger partial charge in [0.25, 0.3) is 0 Å². The summed E-state index contributed by atoms with van der Waals surface area (Å²) in [6, 6.07) is 5.24. The van der Waals surface area contributed by atoms with Crippen molar-refractivity contribution in [2.75, 3.05) is 32.2 Å². The van der Waals surface area contributed by atoms with Crippen molar-refractivity contribution in [2.45, 2.75) is 37.4 Å². The lowest BCUT2D eigenvalue weighted by atomic mass is 10.1. The third-order valence-electron chi connectivity index (χ3n) is 6.08. The van der Waals surface area contributed by atoms with Crippen LogP contribution in [0.4, 0.5) is 10.3 Å². The maximum atomic E-state index is 13.4. The van der Waals surface area contributed by atoms with E-state index < -0.39 is 27.0 Å². The van der Waals surface area contributed by atoms with Crippen molar-refractivity contribution >= 4 is 16.0 Å². The molecule has 188 valence electrons. The van der Waals surface area contributed by atoms with Gasteiger partial charge in [-0.3, -0.25) is 9.29 Å². The van der Waals surface area contributed by atoms with E-state index in [4.69, 9.17) is 14.2 Å². The standard InChI is InChI=1S/C22H27FN6O5S/c1-13(20-24-10-16(23)11-25-20)14(2)35(30,31)28-22-27-26-21(15-8-9-34-12-15)29(22)19-17(32-3)6-5-7-18(19)33-4/h5-7,10-11,13-15H,8-9,12H2,1-4H3,(H,27,28)/t13-,14-,15-/m0/s1. The first-order chi connectivity index (χ1) is 16.8. The van der Waals surface area contributed by atoms with Crippen LogP contribution in [0.2, 0.25) is 0 Å². The molecule has 1 aliphatic heterocycles. The molecule has 1 N–H and O–H groups in total. The molecule has 3 atom stereocenters. The Balaban J connectivity index is 1.76. The molecule has 0 amide bonds. The Bertz CT molecular complexity index is 1260. The first kappa shape index (κ1) is 24.8. The van der Waals surface area contributed by atoms with E-state index in [2.05, 4.69) is 24.9 Å². The molecule has 0 aliphatic carbocycles. The first-order valence-electron chi connectivity index (χ1n) is 11.0. The minimum Gasteiger partial charge on any atom is -0.494 e. The Kier molecular flexibility index (Phi) is 7.17. The van der Waals surface area contributed by atoms with Crippen molar-refractivity contribution in [1.82, 2.24) is 24.7 Å². The van der Waals surface area contributed by atoms with Gasteiger partial charge >= 0.3 is 0 Å². The predicted octanol–water partition coefficient (Wildman–Crippen LogP) is 2.65. The number of hydrogen-bond donors (Lipinski definition) is 1. The number of nitrogens with zero attached hydrogens (tertiary/aromatic N) is 5. The molecule has 1 fully saturated rings. The van der Waals surface area contributed by atoms with Gasteiger partial charge in [-0.2, -0.15) is 0 Å². The molecule has 0 unspecified atom stereocenters. The van der Waals surface area contributed by atoms with Crippen LogP contribution in [0.5, 0.6) is 11.5 Å². The number of hydrogen-bond acceptors (Lipinski definition) is 9. The average molecular weight is 507 g/mol. The summed E-state index contributed by atoms with van der Waals surface area (Å²) in [4.78, 5) is 7.86.